The zero-order chi connectivity index (χ0) is 13.9. The predicted octanol–water partition coefficient (Wildman–Crippen LogP) is 1.95. The second-order valence-corrected chi connectivity index (χ2v) is 5.52. The van der Waals surface area contributed by atoms with Gasteiger partial charge in [-0.1, -0.05) is 6.92 Å². The molecule has 0 aromatic carbocycles. The van der Waals surface area contributed by atoms with Crippen LogP contribution >= 0.6 is 0 Å². The van der Waals surface area contributed by atoms with E-state index in [0.717, 1.165) is 32.2 Å². The number of anilines is 1. The molecule has 3 heterocycles. The van der Waals surface area contributed by atoms with Gasteiger partial charge in [-0.05, 0) is 37.8 Å². The fourth-order valence-corrected chi connectivity index (χ4v) is 3.01. The van der Waals surface area contributed by atoms with Crippen LogP contribution < -0.4 is 10.6 Å². The fourth-order valence-electron chi connectivity index (χ4n) is 3.01. The number of fused-ring (bicyclic) bond motifs is 2. The first kappa shape index (κ1) is 13.4. The standard InChI is InChI=1S/C15H21N3O2/c1-2-7-16-14-11(4-3-8-17-14)15(19)18-12-9-10-5-6-13(12)20-10/h3-4,8,10,12-13H,2,5-7,9H2,1H3,(H,16,17)(H,18,19). The molecule has 20 heavy (non-hydrogen) atoms. The molecule has 5 heteroatoms. The molecule has 0 radical (unpaired) electrons. The van der Waals surface area contributed by atoms with E-state index >= 15 is 0 Å². The monoisotopic (exact) mass is 275 g/mol. The zero-order valence-electron chi connectivity index (χ0n) is 11.8. The first-order valence-electron chi connectivity index (χ1n) is 7.43. The number of hydrogen-bond donors (Lipinski definition) is 2. The zero-order valence-corrected chi connectivity index (χ0v) is 11.8. The Bertz CT molecular complexity index is 492. The maximum atomic E-state index is 12.4. The lowest BCUT2D eigenvalue weighted by Gasteiger charge is -2.20. The molecule has 0 saturated carbocycles. The number of carbonyl (C=O) groups is 1. The summed E-state index contributed by atoms with van der Waals surface area (Å²) in [6.07, 6.45) is 6.38. The van der Waals surface area contributed by atoms with Gasteiger partial charge in [-0.3, -0.25) is 4.79 Å². The van der Waals surface area contributed by atoms with Crippen molar-refractivity contribution in [3.05, 3.63) is 23.9 Å². The molecular weight excluding hydrogens is 254 g/mol. The van der Waals surface area contributed by atoms with Crippen molar-refractivity contribution in [1.82, 2.24) is 10.3 Å². The first-order chi connectivity index (χ1) is 9.78. The van der Waals surface area contributed by atoms with Gasteiger partial charge in [-0.25, -0.2) is 4.98 Å². The van der Waals surface area contributed by atoms with Gasteiger partial charge in [0.05, 0.1) is 23.8 Å². The smallest absolute Gasteiger partial charge is 0.255 e. The number of nitrogens with one attached hydrogen (secondary N) is 2. The molecule has 2 aliphatic rings. The first-order valence-corrected chi connectivity index (χ1v) is 7.43. The third kappa shape index (κ3) is 2.63. The molecule has 2 aliphatic heterocycles. The average molecular weight is 275 g/mol. The van der Waals surface area contributed by atoms with Gasteiger partial charge in [0.2, 0.25) is 0 Å². The van der Waals surface area contributed by atoms with E-state index in [0.29, 0.717) is 17.5 Å². The maximum Gasteiger partial charge on any atom is 0.255 e. The fraction of sp³-hybridized carbons (Fsp3) is 0.600. The molecule has 0 spiro atoms. The average Bonchev–Trinajstić information content (AvgIpc) is 3.08. The van der Waals surface area contributed by atoms with E-state index in [-0.39, 0.29) is 18.1 Å². The van der Waals surface area contributed by atoms with Crippen molar-refractivity contribution < 1.29 is 9.53 Å². The highest BCUT2D eigenvalue weighted by molar-refractivity contribution is 5.98. The van der Waals surface area contributed by atoms with Crippen LogP contribution in [0.3, 0.4) is 0 Å². The van der Waals surface area contributed by atoms with Gasteiger partial charge >= 0.3 is 0 Å². The summed E-state index contributed by atoms with van der Waals surface area (Å²) in [5, 5.41) is 6.30. The lowest BCUT2D eigenvalue weighted by atomic mass is 9.95. The van der Waals surface area contributed by atoms with Crippen molar-refractivity contribution in [2.75, 3.05) is 11.9 Å². The summed E-state index contributed by atoms with van der Waals surface area (Å²) in [6, 6.07) is 3.76. The summed E-state index contributed by atoms with van der Waals surface area (Å²) >= 11 is 0. The Labute approximate surface area is 119 Å². The Kier molecular flexibility index (Phi) is 3.87. The molecule has 1 amide bonds. The number of aromatic nitrogens is 1. The lowest BCUT2D eigenvalue weighted by molar-refractivity contribution is 0.0841. The van der Waals surface area contributed by atoms with E-state index in [2.05, 4.69) is 22.5 Å². The summed E-state index contributed by atoms with van der Waals surface area (Å²) in [4.78, 5) is 16.7. The number of rotatable bonds is 5. The summed E-state index contributed by atoms with van der Waals surface area (Å²) in [6.45, 7) is 2.90. The van der Waals surface area contributed by atoms with Gasteiger partial charge in [-0.15, -0.1) is 0 Å². The van der Waals surface area contributed by atoms with E-state index in [1.165, 1.54) is 0 Å². The van der Waals surface area contributed by atoms with Crippen LogP contribution in [-0.2, 0) is 4.74 Å². The summed E-state index contributed by atoms with van der Waals surface area (Å²) < 4.78 is 5.77. The molecule has 2 saturated heterocycles. The number of amides is 1. The molecule has 3 unspecified atom stereocenters. The second-order valence-electron chi connectivity index (χ2n) is 5.52. The predicted molar refractivity (Wildman–Crippen MR) is 76.8 cm³/mol. The molecular formula is C15H21N3O2. The topological polar surface area (TPSA) is 63.2 Å². The van der Waals surface area contributed by atoms with Crippen molar-refractivity contribution in [2.24, 2.45) is 0 Å². The quantitative estimate of drug-likeness (QED) is 0.862. The van der Waals surface area contributed by atoms with Crippen molar-refractivity contribution in [3.63, 3.8) is 0 Å². The van der Waals surface area contributed by atoms with Crippen LogP contribution in [0, 0.1) is 0 Å². The minimum Gasteiger partial charge on any atom is -0.373 e. The maximum absolute atomic E-state index is 12.4. The van der Waals surface area contributed by atoms with Crippen molar-refractivity contribution in [1.29, 1.82) is 0 Å². The van der Waals surface area contributed by atoms with Crippen LogP contribution in [0.25, 0.3) is 0 Å². The molecule has 3 rings (SSSR count). The van der Waals surface area contributed by atoms with Crippen molar-refractivity contribution in [3.8, 4) is 0 Å². The van der Waals surface area contributed by atoms with Crippen LogP contribution in [0.5, 0.6) is 0 Å². The Morgan fingerprint density at radius 3 is 3.10 bits per heavy atom. The van der Waals surface area contributed by atoms with E-state index in [4.69, 9.17) is 4.74 Å². The van der Waals surface area contributed by atoms with E-state index < -0.39 is 0 Å². The Morgan fingerprint density at radius 2 is 2.40 bits per heavy atom. The van der Waals surface area contributed by atoms with E-state index in [1.807, 2.05) is 6.07 Å². The molecule has 3 atom stereocenters. The number of ether oxygens (including phenoxy) is 1. The van der Waals surface area contributed by atoms with Gasteiger partial charge in [0.25, 0.3) is 5.91 Å². The van der Waals surface area contributed by atoms with Crippen molar-refractivity contribution in [2.45, 2.75) is 50.9 Å². The Morgan fingerprint density at radius 1 is 1.50 bits per heavy atom. The number of carbonyl (C=O) groups excluding carboxylic acids is 1. The van der Waals surface area contributed by atoms with E-state index in [1.54, 1.807) is 12.3 Å². The lowest BCUT2D eigenvalue weighted by Crippen LogP contribution is -2.41. The molecule has 0 aliphatic carbocycles. The van der Waals surface area contributed by atoms with Gasteiger partial charge in [-0.2, -0.15) is 0 Å². The van der Waals surface area contributed by atoms with Crippen LogP contribution in [0.2, 0.25) is 0 Å². The molecule has 2 bridgehead atoms. The second kappa shape index (κ2) is 5.79. The number of pyridine rings is 1. The molecule has 5 nitrogen and oxygen atoms in total. The molecule has 1 aromatic rings. The largest absolute Gasteiger partial charge is 0.373 e. The minimum atomic E-state index is -0.0575. The summed E-state index contributed by atoms with van der Waals surface area (Å²) in [5.74, 6) is 0.605. The molecule has 1 aromatic heterocycles. The molecule has 108 valence electrons. The van der Waals surface area contributed by atoms with Crippen LogP contribution in [0.15, 0.2) is 18.3 Å². The highest BCUT2D eigenvalue weighted by Gasteiger charge is 2.41. The third-order valence-electron chi connectivity index (χ3n) is 4.02. The summed E-state index contributed by atoms with van der Waals surface area (Å²) in [5.41, 5.74) is 0.615. The molecule has 2 N–H and O–H groups in total. The van der Waals surface area contributed by atoms with Gasteiger partial charge in [0, 0.05) is 12.7 Å². The Hall–Kier alpha value is -1.62. The normalized spacial score (nSPS) is 27.6. The van der Waals surface area contributed by atoms with E-state index in [9.17, 15) is 4.79 Å². The van der Waals surface area contributed by atoms with Crippen molar-refractivity contribution >= 4 is 11.7 Å². The van der Waals surface area contributed by atoms with Crippen LogP contribution in [0.4, 0.5) is 5.82 Å². The van der Waals surface area contributed by atoms with Crippen LogP contribution in [0.1, 0.15) is 43.0 Å². The number of nitrogens with zero attached hydrogens (tertiary/aromatic N) is 1. The number of hydrogen-bond acceptors (Lipinski definition) is 4. The highest BCUT2D eigenvalue weighted by Crippen LogP contribution is 2.34. The van der Waals surface area contributed by atoms with Gasteiger partial charge < -0.3 is 15.4 Å². The summed E-state index contributed by atoms with van der Waals surface area (Å²) in [7, 11) is 0. The minimum absolute atomic E-state index is 0.0575. The van der Waals surface area contributed by atoms with Gasteiger partial charge in [0.15, 0.2) is 0 Å². The van der Waals surface area contributed by atoms with Gasteiger partial charge in [0.1, 0.15) is 5.82 Å². The third-order valence-corrected chi connectivity index (χ3v) is 4.02. The molecule has 2 fully saturated rings. The van der Waals surface area contributed by atoms with Crippen LogP contribution in [-0.4, -0.2) is 35.7 Å². The Balaban J connectivity index is 1.67. The highest BCUT2D eigenvalue weighted by atomic mass is 16.5. The SMILES string of the molecule is CCCNc1ncccc1C(=O)NC1CC2CCC1O2.